The van der Waals surface area contributed by atoms with E-state index in [0.29, 0.717) is 12.3 Å². The lowest BCUT2D eigenvalue weighted by molar-refractivity contribution is 0.347. The van der Waals surface area contributed by atoms with E-state index in [2.05, 4.69) is 97.5 Å². The van der Waals surface area contributed by atoms with E-state index in [1.165, 1.54) is 16.9 Å². The number of nitrogens with zero attached hydrogens (tertiary/aromatic N) is 4. The Balaban J connectivity index is 1.97. The zero-order valence-electron chi connectivity index (χ0n) is 14.9. The number of hydrogen-bond acceptors (Lipinski definition) is 4. The normalized spacial score (nSPS) is 23.5. The van der Waals surface area contributed by atoms with Gasteiger partial charge in [0.2, 0.25) is 0 Å². The van der Waals surface area contributed by atoms with Gasteiger partial charge in [0, 0.05) is 50.3 Å². The third-order valence-corrected chi connectivity index (χ3v) is 5.07. The van der Waals surface area contributed by atoms with Gasteiger partial charge in [0.25, 0.3) is 0 Å². The summed E-state index contributed by atoms with van der Waals surface area (Å²) in [5.74, 6) is 0. The van der Waals surface area contributed by atoms with E-state index >= 15 is 0 Å². The summed E-state index contributed by atoms with van der Waals surface area (Å²) < 4.78 is 0. The molecule has 23 heavy (non-hydrogen) atoms. The highest BCUT2D eigenvalue weighted by molar-refractivity contribution is 5.70. The summed E-state index contributed by atoms with van der Waals surface area (Å²) in [4.78, 5) is 9.35. The highest BCUT2D eigenvalue weighted by atomic mass is 15.4. The van der Waals surface area contributed by atoms with Crippen molar-refractivity contribution in [2.45, 2.75) is 45.9 Å². The molecule has 0 N–H and O–H groups in total. The fourth-order valence-corrected chi connectivity index (χ4v) is 3.77. The van der Waals surface area contributed by atoms with E-state index in [9.17, 15) is 0 Å². The lowest BCUT2D eigenvalue weighted by atomic mass is 10.1. The van der Waals surface area contributed by atoms with Gasteiger partial charge in [-0.2, -0.15) is 0 Å². The first-order valence-electron chi connectivity index (χ1n) is 8.55. The average Bonchev–Trinajstić information content (AvgIpc) is 3.10. The van der Waals surface area contributed by atoms with Gasteiger partial charge in [0.15, 0.2) is 0 Å². The third kappa shape index (κ3) is 2.56. The van der Waals surface area contributed by atoms with Crippen LogP contribution >= 0.6 is 0 Å². The zero-order chi connectivity index (χ0) is 16.6. The van der Waals surface area contributed by atoms with Crippen molar-refractivity contribution in [3.05, 3.63) is 48.6 Å². The first-order valence-corrected chi connectivity index (χ1v) is 8.55. The lowest BCUT2D eigenvalue weighted by Gasteiger charge is -2.34. The molecule has 2 atom stereocenters. The Bertz CT molecular complexity index is 572. The molecule has 2 heterocycles. The summed E-state index contributed by atoms with van der Waals surface area (Å²) in [7, 11) is 4.30. The van der Waals surface area contributed by atoms with E-state index in [-0.39, 0.29) is 0 Å². The van der Waals surface area contributed by atoms with Crippen LogP contribution in [-0.2, 0) is 0 Å². The summed E-state index contributed by atoms with van der Waals surface area (Å²) in [6.45, 7) is 6.72. The lowest BCUT2D eigenvalue weighted by Crippen LogP contribution is -2.37. The maximum atomic E-state index is 2.39. The first-order chi connectivity index (χ1) is 11.1. The summed E-state index contributed by atoms with van der Waals surface area (Å²) in [6, 6.07) is 6.64. The molecule has 0 saturated heterocycles. The van der Waals surface area contributed by atoms with Gasteiger partial charge in [-0.25, -0.2) is 0 Å². The quantitative estimate of drug-likeness (QED) is 0.835. The van der Waals surface area contributed by atoms with Crippen LogP contribution in [0.25, 0.3) is 0 Å². The zero-order valence-corrected chi connectivity index (χ0v) is 14.9. The highest BCUT2D eigenvalue weighted by Gasteiger charge is 2.28. The van der Waals surface area contributed by atoms with Crippen LogP contribution in [0.4, 0.5) is 11.4 Å². The van der Waals surface area contributed by atoms with Gasteiger partial charge in [0.1, 0.15) is 12.3 Å². The highest BCUT2D eigenvalue weighted by Crippen LogP contribution is 2.36. The van der Waals surface area contributed by atoms with Crippen molar-refractivity contribution in [3.63, 3.8) is 0 Å². The van der Waals surface area contributed by atoms with Crippen LogP contribution < -0.4 is 9.80 Å². The molecule has 2 aliphatic rings. The number of rotatable bonds is 4. The molecule has 0 amide bonds. The molecule has 1 aromatic carbocycles. The minimum absolute atomic E-state index is 0.405. The van der Waals surface area contributed by atoms with E-state index in [4.69, 9.17) is 0 Å². The Morgan fingerprint density at radius 3 is 1.61 bits per heavy atom. The topological polar surface area (TPSA) is 13.0 Å². The molecule has 0 fully saturated rings. The maximum absolute atomic E-state index is 2.39. The molecule has 2 aliphatic heterocycles. The second-order valence-electron chi connectivity index (χ2n) is 6.44. The molecule has 124 valence electrons. The third-order valence-electron chi connectivity index (χ3n) is 5.07. The maximum Gasteiger partial charge on any atom is 0.105 e. The molecule has 0 aliphatic carbocycles. The minimum Gasteiger partial charge on any atom is -0.359 e. The van der Waals surface area contributed by atoms with Crippen LogP contribution in [-0.4, -0.2) is 36.2 Å². The Kier molecular flexibility index (Phi) is 4.24. The van der Waals surface area contributed by atoms with Crippen molar-refractivity contribution in [2.24, 2.45) is 0 Å². The van der Waals surface area contributed by atoms with Crippen LogP contribution in [0.15, 0.2) is 43.0 Å². The summed E-state index contributed by atoms with van der Waals surface area (Å²) in [5, 5.41) is 0. The van der Waals surface area contributed by atoms with Crippen molar-refractivity contribution in [2.75, 3.05) is 23.9 Å². The summed E-state index contributed by atoms with van der Waals surface area (Å²) >= 11 is 0. The van der Waals surface area contributed by atoms with Crippen LogP contribution in [0.1, 0.15) is 32.3 Å². The summed E-state index contributed by atoms with van der Waals surface area (Å²) in [6.07, 6.45) is 11.7. The van der Waals surface area contributed by atoms with Crippen LogP contribution in [0.3, 0.4) is 0 Å². The monoisotopic (exact) mass is 312 g/mol. The molecule has 0 radical (unpaired) electrons. The van der Waals surface area contributed by atoms with Gasteiger partial charge in [0.05, 0.1) is 0 Å². The largest absolute Gasteiger partial charge is 0.359 e. The molecule has 0 spiro atoms. The standard InChI is InChI=1S/C19H28N4/c1-6-18-20(4)11-13-22(18)16-9-8-10-17(15(16)3)23-14-12-21(5)19(23)7-2/h8-14,18-19H,6-7H2,1-5H3. The SMILES string of the molecule is CCC1N(C)C=CN1c1cccc(N2C=CN(C)C2CC)c1C. The first kappa shape index (κ1) is 15.8. The summed E-state index contributed by atoms with van der Waals surface area (Å²) in [5.41, 5.74) is 3.94. The van der Waals surface area contributed by atoms with E-state index in [0.717, 1.165) is 12.8 Å². The second kappa shape index (κ2) is 6.19. The Hall–Kier alpha value is -2.10. The van der Waals surface area contributed by atoms with E-state index in [1.807, 2.05) is 0 Å². The molecule has 0 bridgehead atoms. The van der Waals surface area contributed by atoms with Gasteiger partial charge in [-0.15, -0.1) is 0 Å². The average molecular weight is 312 g/mol. The Morgan fingerprint density at radius 2 is 1.22 bits per heavy atom. The molecular weight excluding hydrogens is 284 g/mol. The Labute approximate surface area is 140 Å². The predicted molar refractivity (Wildman–Crippen MR) is 98.1 cm³/mol. The minimum atomic E-state index is 0.405. The van der Waals surface area contributed by atoms with Gasteiger partial charge >= 0.3 is 0 Å². The molecule has 4 heteroatoms. The van der Waals surface area contributed by atoms with Gasteiger partial charge in [-0.3, -0.25) is 0 Å². The van der Waals surface area contributed by atoms with Crippen LogP contribution in [0.5, 0.6) is 0 Å². The Morgan fingerprint density at radius 1 is 0.783 bits per heavy atom. The number of benzene rings is 1. The predicted octanol–water partition coefficient (Wildman–Crippen LogP) is 3.91. The number of anilines is 2. The van der Waals surface area contributed by atoms with Crippen molar-refractivity contribution >= 4 is 11.4 Å². The second-order valence-corrected chi connectivity index (χ2v) is 6.44. The van der Waals surface area contributed by atoms with E-state index < -0.39 is 0 Å². The van der Waals surface area contributed by atoms with E-state index in [1.54, 1.807) is 0 Å². The van der Waals surface area contributed by atoms with Gasteiger partial charge < -0.3 is 19.6 Å². The van der Waals surface area contributed by atoms with Gasteiger partial charge in [-0.05, 0) is 37.5 Å². The number of hydrogen-bond donors (Lipinski definition) is 0. The fraction of sp³-hybridized carbons (Fsp3) is 0.474. The smallest absolute Gasteiger partial charge is 0.105 e. The molecule has 3 rings (SSSR count). The molecule has 1 aromatic rings. The van der Waals surface area contributed by atoms with Crippen molar-refractivity contribution in [1.29, 1.82) is 0 Å². The van der Waals surface area contributed by atoms with Crippen LogP contribution in [0, 0.1) is 6.92 Å². The molecule has 0 saturated carbocycles. The molecule has 0 aromatic heterocycles. The van der Waals surface area contributed by atoms with Crippen molar-refractivity contribution in [3.8, 4) is 0 Å². The molecular formula is C19H28N4. The molecule has 4 nitrogen and oxygen atoms in total. The fourth-order valence-electron chi connectivity index (χ4n) is 3.77. The van der Waals surface area contributed by atoms with Gasteiger partial charge in [-0.1, -0.05) is 19.9 Å². The molecule has 2 unspecified atom stereocenters. The van der Waals surface area contributed by atoms with Crippen LogP contribution in [0.2, 0.25) is 0 Å². The van der Waals surface area contributed by atoms with Crippen molar-refractivity contribution in [1.82, 2.24) is 9.80 Å². The van der Waals surface area contributed by atoms with Crippen molar-refractivity contribution < 1.29 is 0 Å².